The van der Waals surface area contributed by atoms with Crippen LogP contribution in [0.2, 0.25) is 0 Å². The van der Waals surface area contributed by atoms with E-state index in [4.69, 9.17) is 34.8 Å². The second kappa shape index (κ2) is 3.38. The summed E-state index contributed by atoms with van der Waals surface area (Å²) >= 11 is 16.5. The van der Waals surface area contributed by atoms with Gasteiger partial charge in [-0.05, 0) is 6.08 Å². The summed E-state index contributed by atoms with van der Waals surface area (Å²) in [7, 11) is 0.990. The lowest BCUT2D eigenvalue weighted by atomic mass is 10.00. The molecule has 0 aromatic heterocycles. The Bertz CT molecular complexity index is 336. The highest BCUT2D eigenvalue weighted by atomic mass is 35.5. The summed E-state index contributed by atoms with van der Waals surface area (Å²) < 4.78 is 2.12. The van der Waals surface area contributed by atoms with Crippen LogP contribution in [0.4, 0.5) is 0 Å². The second-order valence-electron chi connectivity index (χ2n) is 2.65. The van der Waals surface area contributed by atoms with Crippen molar-refractivity contribution in [1.29, 1.82) is 0 Å². The Labute approximate surface area is 94.4 Å². The van der Waals surface area contributed by atoms with Crippen LogP contribution < -0.4 is 0 Å². The molecule has 1 rings (SSSR count). The van der Waals surface area contributed by atoms with Crippen LogP contribution in [0.1, 0.15) is 0 Å². The number of methoxy groups -OCH3 is 1. The van der Waals surface area contributed by atoms with E-state index in [0.717, 1.165) is 13.2 Å². The Morgan fingerprint density at radius 2 is 2.07 bits per heavy atom. The van der Waals surface area contributed by atoms with Crippen LogP contribution in [-0.2, 0) is 14.3 Å². The Kier molecular flexibility index (Phi) is 2.84. The van der Waals surface area contributed by atoms with Crippen molar-refractivity contribution in [1.82, 2.24) is 0 Å². The van der Waals surface area contributed by atoms with Crippen molar-refractivity contribution in [3.05, 3.63) is 11.1 Å². The van der Waals surface area contributed by atoms with Gasteiger partial charge in [-0.2, -0.15) is 0 Å². The SMILES string of the molecule is COC(=O)C1(O)C(=O)C(Cl)=CC1(Cl)Cl. The molecule has 4 nitrogen and oxygen atoms in total. The molecule has 0 saturated heterocycles. The summed E-state index contributed by atoms with van der Waals surface area (Å²) in [4.78, 5) is 22.5. The van der Waals surface area contributed by atoms with Crippen LogP contribution in [0, 0.1) is 0 Å². The number of carbonyl (C=O) groups excluding carboxylic acids is 2. The predicted molar refractivity (Wildman–Crippen MR) is 50.3 cm³/mol. The van der Waals surface area contributed by atoms with Gasteiger partial charge >= 0.3 is 5.97 Å². The molecule has 1 atom stereocenters. The maximum atomic E-state index is 11.3. The summed E-state index contributed by atoms with van der Waals surface area (Å²) in [5.74, 6) is -2.32. The molecule has 78 valence electrons. The highest BCUT2D eigenvalue weighted by Crippen LogP contribution is 2.45. The summed E-state index contributed by atoms with van der Waals surface area (Å²) in [6.07, 6.45) is 0.886. The first-order chi connectivity index (χ1) is 6.27. The molecule has 0 fully saturated rings. The van der Waals surface area contributed by atoms with Crippen LogP contribution in [0.15, 0.2) is 11.1 Å². The van der Waals surface area contributed by atoms with E-state index in [1.54, 1.807) is 0 Å². The lowest BCUT2D eigenvalue weighted by Crippen LogP contribution is -2.55. The minimum Gasteiger partial charge on any atom is -0.466 e. The van der Waals surface area contributed by atoms with Gasteiger partial charge in [-0.3, -0.25) is 4.79 Å². The van der Waals surface area contributed by atoms with E-state index in [0.29, 0.717) is 0 Å². The monoisotopic (exact) mass is 258 g/mol. The molecule has 1 N–H and O–H groups in total. The number of rotatable bonds is 1. The van der Waals surface area contributed by atoms with Crippen molar-refractivity contribution in [2.75, 3.05) is 7.11 Å². The molecule has 0 aromatic rings. The Balaban J connectivity index is 3.25. The maximum Gasteiger partial charge on any atom is 0.349 e. The highest BCUT2D eigenvalue weighted by Gasteiger charge is 2.64. The topological polar surface area (TPSA) is 63.6 Å². The van der Waals surface area contributed by atoms with Gasteiger partial charge in [0.2, 0.25) is 5.78 Å². The van der Waals surface area contributed by atoms with Gasteiger partial charge in [0, 0.05) is 0 Å². The third-order valence-electron chi connectivity index (χ3n) is 1.82. The number of aliphatic hydroxyl groups is 1. The van der Waals surface area contributed by atoms with Crippen LogP contribution in [0.25, 0.3) is 0 Å². The number of hydrogen-bond donors (Lipinski definition) is 1. The van der Waals surface area contributed by atoms with Crippen molar-refractivity contribution in [3.63, 3.8) is 0 Å². The molecule has 1 aliphatic carbocycles. The molecule has 0 heterocycles. The van der Waals surface area contributed by atoms with Crippen molar-refractivity contribution in [2.45, 2.75) is 9.93 Å². The number of carbonyl (C=O) groups is 2. The van der Waals surface area contributed by atoms with Crippen molar-refractivity contribution >= 4 is 46.6 Å². The zero-order chi connectivity index (χ0) is 11.1. The zero-order valence-corrected chi connectivity index (χ0v) is 9.15. The fourth-order valence-corrected chi connectivity index (χ4v) is 1.99. The van der Waals surface area contributed by atoms with E-state index in [1.165, 1.54) is 0 Å². The van der Waals surface area contributed by atoms with E-state index in [9.17, 15) is 14.7 Å². The molecule has 7 heteroatoms. The number of alkyl halides is 2. The average molecular weight is 259 g/mol. The van der Waals surface area contributed by atoms with Gasteiger partial charge in [0.1, 0.15) is 0 Å². The summed E-state index contributed by atoms with van der Waals surface area (Å²) in [6, 6.07) is 0. The lowest BCUT2D eigenvalue weighted by molar-refractivity contribution is -0.165. The van der Waals surface area contributed by atoms with Gasteiger partial charge in [0.25, 0.3) is 5.60 Å². The third kappa shape index (κ3) is 1.34. The van der Waals surface area contributed by atoms with E-state index in [-0.39, 0.29) is 0 Å². The lowest BCUT2D eigenvalue weighted by Gasteiger charge is -2.26. The highest BCUT2D eigenvalue weighted by molar-refractivity contribution is 6.60. The molecule has 0 aliphatic heterocycles. The van der Waals surface area contributed by atoms with Crippen molar-refractivity contribution < 1.29 is 19.4 Å². The number of hydrogen-bond acceptors (Lipinski definition) is 4. The molecule has 0 spiro atoms. The fraction of sp³-hybridized carbons (Fsp3) is 0.429. The minimum absolute atomic E-state index is 0.400. The van der Waals surface area contributed by atoms with E-state index in [2.05, 4.69) is 4.74 Å². The molecule has 0 bridgehead atoms. The number of Topliss-reactive ketones (excluding diaryl/α,β-unsaturated/α-hetero) is 1. The Morgan fingerprint density at radius 1 is 1.57 bits per heavy atom. The quantitative estimate of drug-likeness (QED) is 0.429. The molecule has 0 amide bonds. The van der Waals surface area contributed by atoms with Gasteiger partial charge in [0.15, 0.2) is 4.33 Å². The van der Waals surface area contributed by atoms with Crippen molar-refractivity contribution in [2.24, 2.45) is 0 Å². The largest absolute Gasteiger partial charge is 0.466 e. The molecule has 1 unspecified atom stereocenters. The molecular formula is C7H5Cl3O4. The van der Waals surface area contributed by atoms with Gasteiger partial charge in [-0.1, -0.05) is 34.8 Å². The third-order valence-corrected chi connectivity index (χ3v) is 2.86. The second-order valence-corrected chi connectivity index (χ2v) is 4.44. The zero-order valence-electron chi connectivity index (χ0n) is 6.88. The van der Waals surface area contributed by atoms with Gasteiger partial charge < -0.3 is 9.84 Å². The number of ketones is 1. The molecular weight excluding hydrogens is 254 g/mol. The van der Waals surface area contributed by atoms with E-state index in [1.807, 2.05) is 0 Å². The number of esters is 1. The van der Waals surface area contributed by atoms with E-state index >= 15 is 0 Å². The molecule has 14 heavy (non-hydrogen) atoms. The maximum absolute atomic E-state index is 11.3. The fourth-order valence-electron chi connectivity index (χ4n) is 1.03. The molecule has 0 radical (unpaired) electrons. The van der Waals surface area contributed by atoms with Gasteiger partial charge in [0.05, 0.1) is 12.1 Å². The standard InChI is InChI=1S/C7H5Cl3O4/c1-14-5(12)7(13)4(11)3(8)2-6(7,9)10/h2,13H,1H3. The Hall–Kier alpha value is -0.290. The van der Waals surface area contributed by atoms with E-state index < -0.39 is 26.7 Å². The normalized spacial score (nSPS) is 30.1. The first kappa shape index (κ1) is 11.8. The van der Waals surface area contributed by atoms with Crippen molar-refractivity contribution in [3.8, 4) is 0 Å². The number of ether oxygens (including phenoxy) is 1. The summed E-state index contributed by atoms with van der Waals surface area (Å²) in [5, 5.41) is 9.30. The molecule has 0 saturated carbocycles. The summed E-state index contributed by atoms with van der Waals surface area (Å²) in [5.41, 5.74) is -2.66. The Morgan fingerprint density at radius 3 is 2.36 bits per heavy atom. The predicted octanol–water partition coefficient (Wildman–Crippen LogP) is 0.770. The minimum atomic E-state index is -2.66. The van der Waals surface area contributed by atoms with Crippen LogP contribution >= 0.6 is 34.8 Å². The van der Waals surface area contributed by atoms with Crippen LogP contribution in [0.3, 0.4) is 0 Å². The molecule has 1 aliphatic rings. The first-order valence-electron chi connectivity index (χ1n) is 3.39. The summed E-state index contributed by atoms with van der Waals surface area (Å²) in [6.45, 7) is 0. The first-order valence-corrected chi connectivity index (χ1v) is 4.52. The number of halogens is 3. The van der Waals surface area contributed by atoms with Crippen LogP contribution in [-0.4, -0.2) is 33.9 Å². The van der Waals surface area contributed by atoms with Gasteiger partial charge in [-0.25, -0.2) is 4.79 Å². The van der Waals surface area contributed by atoms with Crippen LogP contribution in [0.5, 0.6) is 0 Å². The average Bonchev–Trinajstić information content (AvgIpc) is 2.26. The molecule has 0 aromatic carbocycles. The van der Waals surface area contributed by atoms with Gasteiger partial charge in [-0.15, -0.1) is 0 Å². The smallest absolute Gasteiger partial charge is 0.349 e.